The van der Waals surface area contributed by atoms with Crippen LogP contribution in [0.25, 0.3) is 0 Å². The van der Waals surface area contributed by atoms with Crippen LogP contribution in [0.5, 0.6) is 0 Å². The Hall–Kier alpha value is -0.900. The van der Waals surface area contributed by atoms with Crippen LogP contribution in [0.3, 0.4) is 0 Å². The van der Waals surface area contributed by atoms with Crippen molar-refractivity contribution in [3.05, 3.63) is 28.5 Å². The molecule has 3 nitrogen and oxygen atoms in total. The van der Waals surface area contributed by atoms with E-state index >= 15 is 0 Å². The van der Waals surface area contributed by atoms with E-state index in [9.17, 15) is 4.79 Å². The number of nitrogens with zero attached hydrogens (tertiary/aromatic N) is 2. The van der Waals surface area contributed by atoms with Crippen LogP contribution < -0.4 is 0 Å². The molecule has 1 aromatic rings. The maximum absolute atomic E-state index is 12.4. The number of halogens is 1. The van der Waals surface area contributed by atoms with Crippen LogP contribution in [0.15, 0.2) is 22.8 Å². The molecule has 0 saturated heterocycles. The molecule has 1 aliphatic rings. The zero-order valence-electron chi connectivity index (χ0n) is 11.6. The summed E-state index contributed by atoms with van der Waals surface area (Å²) in [5, 5.41) is 0. The van der Waals surface area contributed by atoms with E-state index in [-0.39, 0.29) is 5.91 Å². The van der Waals surface area contributed by atoms with Crippen molar-refractivity contribution in [2.45, 2.75) is 45.1 Å². The normalized spacial score (nSPS) is 23.1. The van der Waals surface area contributed by atoms with E-state index in [1.165, 1.54) is 19.3 Å². The molecule has 1 heterocycles. The molecule has 2 rings (SSSR count). The molecule has 1 amide bonds. The largest absolute Gasteiger partial charge is 0.337 e. The molecule has 19 heavy (non-hydrogen) atoms. The van der Waals surface area contributed by atoms with Gasteiger partial charge in [-0.2, -0.15) is 0 Å². The Balaban J connectivity index is 2.02. The number of carbonyl (C=O) groups is 1. The average molecular weight is 325 g/mol. The third kappa shape index (κ3) is 3.35. The molecule has 1 aliphatic carbocycles. The van der Waals surface area contributed by atoms with Crippen molar-refractivity contribution in [1.82, 2.24) is 9.88 Å². The van der Waals surface area contributed by atoms with E-state index in [4.69, 9.17) is 0 Å². The van der Waals surface area contributed by atoms with Crippen LogP contribution in [0.2, 0.25) is 0 Å². The van der Waals surface area contributed by atoms with Crippen molar-refractivity contribution in [2.75, 3.05) is 7.05 Å². The Morgan fingerprint density at radius 2 is 2.11 bits per heavy atom. The molecular weight excluding hydrogens is 304 g/mol. The first-order chi connectivity index (χ1) is 9.13. The zero-order valence-corrected chi connectivity index (χ0v) is 13.2. The van der Waals surface area contributed by atoms with Crippen LogP contribution >= 0.6 is 15.9 Å². The highest BCUT2D eigenvalue weighted by atomic mass is 79.9. The Morgan fingerprint density at radius 3 is 2.68 bits per heavy atom. The molecule has 1 saturated carbocycles. The van der Waals surface area contributed by atoms with Crippen molar-refractivity contribution in [2.24, 2.45) is 5.92 Å². The van der Waals surface area contributed by atoms with Crippen LogP contribution in [-0.4, -0.2) is 28.9 Å². The zero-order chi connectivity index (χ0) is 13.8. The molecule has 1 aromatic heterocycles. The van der Waals surface area contributed by atoms with Crippen molar-refractivity contribution >= 4 is 21.8 Å². The molecule has 4 heteroatoms. The Bertz CT molecular complexity index is 442. The summed E-state index contributed by atoms with van der Waals surface area (Å²) >= 11 is 3.40. The molecule has 0 bridgehead atoms. The fraction of sp³-hybridized carbons (Fsp3) is 0.600. The standard InChI is InChI=1S/C15H21BrN2O/c1-3-11-6-8-12(9-7-11)18(2)15(19)14-13(16)5-4-10-17-14/h4-5,10-12H,3,6-9H2,1-2H3. The molecule has 0 unspecified atom stereocenters. The van der Waals surface area contributed by atoms with Gasteiger partial charge in [0.25, 0.3) is 5.91 Å². The topological polar surface area (TPSA) is 33.2 Å². The maximum Gasteiger partial charge on any atom is 0.273 e. The van der Waals surface area contributed by atoms with E-state index in [0.717, 1.165) is 23.2 Å². The van der Waals surface area contributed by atoms with E-state index in [1.807, 2.05) is 24.1 Å². The third-order valence-corrected chi connectivity index (χ3v) is 4.86. The van der Waals surface area contributed by atoms with Gasteiger partial charge in [-0.15, -0.1) is 0 Å². The van der Waals surface area contributed by atoms with Gasteiger partial charge in [0, 0.05) is 23.8 Å². The number of aromatic nitrogens is 1. The maximum atomic E-state index is 12.4. The van der Waals surface area contributed by atoms with Gasteiger partial charge >= 0.3 is 0 Å². The molecule has 0 aliphatic heterocycles. The highest BCUT2D eigenvalue weighted by Gasteiger charge is 2.27. The summed E-state index contributed by atoms with van der Waals surface area (Å²) in [5.41, 5.74) is 0.516. The van der Waals surface area contributed by atoms with Crippen molar-refractivity contribution < 1.29 is 4.79 Å². The Labute approximate surface area is 123 Å². The second-order valence-corrected chi connectivity index (χ2v) is 6.19. The van der Waals surface area contributed by atoms with Gasteiger partial charge in [0.1, 0.15) is 5.69 Å². The van der Waals surface area contributed by atoms with Crippen molar-refractivity contribution in [3.8, 4) is 0 Å². The number of hydrogen-bond acceptors (Lipinski definition) is 2. The van der Waals surface area contributed by atoms with Gasteiger partial charge < -0.3 is 4.90 Å². The smallest absolute Gasteiger partial charge is 0.273 e. The first-order valence-electron chi connectivity index (χ1n) is 7.01. The minimum atomic E-state index is 0.0208. The summed E-state index contributed by atoms with van der Waals surface area (Å²) < 4.78 is 0.772. The first kappa shape index (κ1) is 14.5. The monoisotopic (exact) mass is 324 g/mol. The van der Waals surface area contributed by atoms with Gasteiger partial charge in [0.2, 0.25) is 0 Å². The molecule has 104 valence electrons. The Kier molecular flexibility index (Phi) is 4.97. The van der Waals surface area contributed by atoms with Crippen LogP contribution in [0.4, 0.5) is 0 Å². The summed E-state index contributed by atoms with van der Waals surface area (Å²) in [6.45, 7) is 2.25. The van der Waals surface area contributed by atoms with E-state index in [2.05, 4.69) is 27.8 Å². The lowest BCUT2D eigenvalue weighted by Gasteiger charge is -2.34. The summed E-state index contributed by atoms with van der Waals surface area (Å²) in [6.07, 6.45) is 7.64. The summed E-state index contributed by atoms with van der Waals surface area (Å²) in [5.74, 6) is 0.869. The van der Waals surface area contributed by atoms with Crippen molar-refractivity contribution in [3.63, 3.8) is 0 Å². The van der Waals surface area contributed by atoms with Gasteiger partial charge in [-0.25, -0.2) is 4.98 Å². The van der Waals surface area contributed by atoms with Crippen LogP contribution in [0, 0.1) is 5.92 Å². The predicted molar refractivity (Wildman–Crippen MR) is 80.1 cm³/mol. The number of carbonyl (C=O) groups excluding carboxylic acids is 1. The molecule has 0 aromatic carbocycles. The summed E-state index contributed by atoms with van der Waals surface area (Å²) in [7, 11) is 1.90. The van der Waals surface area contributed by atoms with Crippen LogP contribution in [0.1, 0.15) is 49.5 Å². The van der Waals surface area contributed by atoms with Gasteiger partial charge in [0.15, 0.2) is 0 Å². The molecular formula is C15H21BrN2O. The lowest BCUT2D eigenvalue weighted by Crippen LogP contribution is -2.39. The van der Waals surface area contributed by atoms with E-state index in [0.29, 0.717) is 11.7 Å². The van der Waals surface area contributed by atoms with Gasteiger partial charge in [-0.1, -0.05) is 13.3 Å². The lowest BCUT2D eigenvalue weighted by atomic mass is 9.84. The minimum Gasteiger partial charge on any atom is -0.337 e. The second kappa shape index (κ2) is 6.51. The fourth-order valence-corrected chi connectivity index (χ4v) is 3.24. The Morgan fingerprint density at radius 1 is 1.42 bits per heavy atom. The predicted octanol–water partition coefficient (Wildman–Crippen LogP) is 3.88. The van der Waals surface area contributed by atoms with Crippen molar-refractivity contribution in [1.29, 1.82) is 0 Å². The second-order valence-electron chi connectivity index (χ2n) is 5.33. The highest BCUT2D eigenvalue weighted by molar-refractivity contribution is 9.10. The van der Waals surface area contributed by atoms with E-state index in [1.54, 1.807) is 6.20 Å². The molecule has 1 fully saturated rings. The van der Waals surface area contributed by atoms with Gasteiger partial charge in [0.05, 0.1) is 0 Å². The first-order valence-corrected chi connectivity index (χ1v) is 7.80. The minimum absolute atomic E-state index is 0.0208. The molecule has 0 N–H and O–H groups in total. The highest BCUT2D eigenvalue weighted by Crippen LogP contribution is 2.29. The molecule has 0 spiro atoms. The quantitative estimate of drug-likeness (QED) is 0.845. The number of rotatable bonds is 3. The molecule has 0 atom stereocenters. The third-order valence-electron chi connectivity index (χ3n) is 4.22. The van der Waals surface area contributed by atoms with Gasteiger partial charge in [-0.3, -0.25) is 4.79 Å². The lowest BCUT2D eigenvalue weighted by molar-refractivity contribution is 0.0668. The SMILES string of the molecule is CCC1CCC(N(C)C(=O)c2ncccc2Br)CC1. The number of hydrogen-bond donors (Lipinski definition) is 0. The average Bonchev–Trinajstić information content (AvgIpc) is 2.46. The summed E-state index contributed by atoms with van der Waals surface area (Å²) in [6, 6.07) is 4.05. The number of amides is 1. The fourth-order valence-electron chi connectivity index (χ4n) is 2.82. The van der Waals surface area contributed by atoms with E-state index < -0.39 is 0 Å². The number of pyridine rings is 1. The van der Waals surface area contributed by atoms with Gasteiger partial charge in [-0.05, 0) is 59.7 Å². The molecule has 0 radical (unpaired) electrons. The summed E-state index contributed by atoms with van der Waals surface area (Å²) in [4.78, 5) is 18.5. The van der Waals surface area contributed by atoms with Crippen LogP contribution in [-0.2, 0) is 0 Å².